The van der Waals surface area contributed by atoms with E-state index in [0.29, 0.717) is 18.8 Å². The van der Waals surface area contributed by atoms with Crippen LogP contribution in [0.15, 0.2) is 18.2 Å². The highest BCUT2D eigenvalue weighted by molar-refractivity contribution is 6.30. The maximum Gasteiger partial charge on any atom is 0.145 e. The predicted molar refractivity (Wildman–Crippen MR) is 71.9 cm³/mol. The fourth-order valence-electron chi connectivity index (χ4n) is 2.34. The van der Waals surface area contributed by atoms with Crippen molar-refractivity contribution in [3.63, 3.8) is 0 Å². The van der Waals surface area contributed by atoms with E-state index >= 15 is 0 Å². The Morgan fingerprint density at radius 3 is 3.05 bits per heavy atom. The molecule has 104 valence electrons. The lowest BCUT2D eigenvalue weighted by atomic mass is 9.93. The number of rotatable bonds is 5. The molecule has 1 aliphatic heterocycles. The van der Waals surface area contributed by atoms with Gasteiger partial charge >= 0.3 is 0 Å². The summed E-state index contributed by atoms with van der Waals surface area (Å²) in [6.45, 7) is 3.70. The molecule has 1 aromatic carbocycles. The lowest BCUT2D eigenvalue weighted by Crippen LogP contribution is -2.39. The summed E-state index contributed by atoms with van der Waals surface area (Å²) in [5.74, 6) is -0.723. The number of Topliss-reactive ketones (excluding diaryl/α,β-unsaturated/α-hetero) is 1. The topological polar surface area (TPSA) is 38.3 Å². The normalized spacial score (nSPS) is 22.7. The molecule has 3 nitrogen and oxygen atoms in total. The summed E-state index contributed by atoms with van der Waals surface area (Å²) in [5.41, 5.74) is 0.347. The van der Waals surface area contributed by atoms with E-state index in [1.807, 2.05) is 6.92 Å². The highest BCUT2D eigenvalue weighted by Crippen LogP contribution is 2.22. The minimum atomic E-state index is -0.503. The fourth-order valence-corrected chi connectivity index (χ4v) is 2.53. The second-order valence-electron chi connectivity index (χ2n) is 4.66. The summed E-state index contributed by atoms with van der Waals surface area (Å²) < 4.78 is 19.1. The Hall–Kier alpha value is -0.970. The van der Waals surface area contributed by atoms with Crippen molar-refractivity contribution in [1.82, 2.24) is 5.32 Å². The number of carbonyl (C=O) groups excluding carboxylic acids is 1. The molecule has 2 rings (SSSR count). The first-order valence-electron chi connectivity index (χ1n) is 6.40. The second kappa shape index (κ2) is 6.46. The standard InChI is InChI=1S/C14H17ClFNO2/c1-2-17-12-8-19-7-10(12)13(18)6-9-4-3-5-11(15)14(9)16/h3-5,10,12,17H,2,6-8H2,1H3. The molecular formula is C14H17ClFNO2. The van der Waals surface area contributed by atoms with Crippen molar-refractivity contribution < 1.29 is 13.9 Å². The van der Waals surface area contributed by atoms with Gasteiger partial charge in [0.1, 0.15) is 11.6 Å². The van der Waals surface area contributed by atoms with Crippen LogP contribution in [0.1, 0.15) is 12.5 Å². The van der Waals surface area contributed by atoms with Gasteiger partial charge in [-0.2, -0.15) is 0 Å². The monoisotopic (exact) mass is 285 g/mol. The van der Waals surface area contributed by atoms with Crippen molar-refractivity contribution in [2.24, 2.45) is 5.92 Å². The Morgan fingerprint density at radius 1 is 1.53 bits per heavy atom. The van der Waals surface area contributed by atoms with Gasteiger partial charge in [0.15, 0.2) is 0 Å². The second-order valence-corrected chi connectivity index (χ2v) is 5.07. The quantitative estimate of drug-likeness (QED) is 0.901. The molecule has 0 aliphatic carbocycles. The van der Waals surface area contributed by atoms with Gasteiger partial charge in [0.25, 0.3) is 0 Å². The van der Waals surface area contributed by atoms with Crippen molar-refractivity contribution in [1.29, 1.82) is 0 Å². The summed E-state index contributed by atoms with van der Waals surface area (Å²) in [5, 5.41) is 3.27. The Kier molecular flexibility index (Phi) is 4.91. The molecule has 1 aromatic rings. The van der Waals surface area contributed by atoms with Crippen molar-refractivity contribution in [3.8, 4) is 0 Å². The van der Waals surface area contributed by atoms with Crippen LogP contribution < -0.4 is 5.32 Å². The SMILES string of the molecule is CCNC1COCC1C(=O)Cc1cccc(Cl)c1F. The molecule has 2 atom stereocenters. The fraction of sp³-hybridized carbons (Fsp3) is 0.500. The van der Waals surface area contributed by atoms with Crippen LogP contribution in [0, 0.1) is 11.7 Å². The Labute approximate surface area is 117 Å². The Bertz CT molecular complexity index is 467. The van der Waals surface area contributed by atoms with E-state index in [-0.39, 0.29) is 29.2 Å². The molecule has 2 unspecified atom stereocenters. The minimum absolute atomic E-state index is 0.00961. The van der Waals surface area contributed by atoms with Crippen LogP contribution in [-0.4, -0.2) is 31.6 Å². The lowest BCUT2D eigenvalue weighted by molar-refractivity contribution is -0.122. The van der Waals surface area contributed by atoms with Gasteiger partial charge in [0.2, 0.25) is 0 Å². The van der Waals surface area contributed by atoms with Gasteiger partial charge in [-0.1, -0.05) is 30.7 Å². The summed E-state index contributed by atoms with van der Waals surface area (Å²) >= 11 is 5.71. The molecule has 1 fully saturated rings. The highest BCUT2D eigenvalue weighted by atomic mass is 35.5. The summed E-state index contributed by atoms with van der Waals surface area (Å²) in [6, 6.07) is 4.75. The van der Waals surface area contributed by atoms with Crippen LogP contribution in [0.2, 0.25) is 5.02 Å². The van der Waals surface area contributed by atoms with Crippen molar-refractivity contribution in [2.45, 2.75) is 19.4 Å². The maximum absolute atomic E-state index is 13.8. The first-order chi connectivity index (χ1) is 9.13. The number of nitrogens with one attached hydrogen (secondary N) is 1. The average molecular weight is 286 g/mol. The molecule has 1 heterocycles. The number of halogens is 2. The lowest BCUT2D eigenvalue weighted by Gasteiger charge is -2.17. The van der Waals surface area contributed by atoms with Gasteiger partial charge in [-0.3, -0.25) is 4.79 Å². The van der Waals surface area contributed by atoms with E-state index in [2.05, 4.69) is 5.32 Å². The van der Waals surface area contributed by atoms with Crippen LogP contribution in [0.3, 0.4) is 0 Å². The molecule has 5 heteroatoms. The summed E-state index contributed by atoms with van der Waals surface area (Å²) in [6.07, 6.45) is 0.0579. The van der Waals surface area contributed by atoms with Gasteiger partial charge < -0.3 is 10.1 Å². The van der Waals surface area contributed by atoms with E-state index < -0.39 is 5.82 Å². The zero-order valence-electron chi connectivity index (χ0n) is 10.8. The molecule has 1 N–H and O–H groups in total. The van der Waals surface area contributed by atoms with Gasteiger partial charge in [0.05, 0.1) is 24.2 Å². The van der Waals surface area contributed by atoms with Gasteiger partial charge in [-0.05, 0) is 18.2 Å². The number of likely N-dealkylation sites (N-methyl/N-ethyl adjacent to an activating group) is 1. The zero-order valence-corrected chi connectivity index (χ0v) is 11.5. The molecule has 0 aromatic heterocycles. The first kappa shape index (κ1) is 14.4. The molecule has 0 spiro atoms. The van der Waals surface area contributed by atoms with Crippen molar-refractivity contribution in [3.05, 3.63) is 34.6 Å². The molecule has 0 amide bonds. The number of carbonyl (C=O) groups is 1. The third kappa shape index (κ3) is 3.32. The number of ether oxygens (including phenoxy) is 1. The molecule has 1 aliphatic rings. The number of benzene rings is 1. The largest absolute Gasteiger partial charge is 0.379 e. The van der Waals surface area contributed by atoms with E-state index in [9.17, 15) is 9.18 Å². The smallest absolute Gasteiger partial charge is 0.145 e. The van der Waals surface area contributed by atoms with E-state index in [1.54, 1.807) is 12.1 Å². The third-order valence-electron chi connectivity index (χ3n) is 3.36. The molecule has 0 saturated carbocycles. The van der Waals surface area contributed by atoms with Crippen molar-refractivity contribution >= 4 is 17.4 Å². The van der Waals surface area contributed by atoms with Gasteiger partial charge in [0, 0.05) is 12.5 Å². The summed E-state index contributed by atoms with van der Waals surface area (Å²) in [7, 11) is 0. The van der Waals surface area contributed by atoms with Crippen LogP contribution in [0.4, 0.5) is 4.39 Å². The molecule has 19 heavy (non-hydrogen) atoms. The van der Waals surface area contributed by atoms with Gasteiger partial charge in [-0.25, -0.2) is 4.39 Å². The summed E-state index contributed by atoms with van der Waals surface area (Å²) in [4.78, 5) is 12.2. The van der Waals surface area contributed by atoms with Crippen LogP contribution >= 0.6 is 11.6 Å². The molecular weight excluding hydrogens is 269 g/mol. The maximum atomic E-state index is 13.8. The van der Waals surface area contributed by atoms with E-state index in [1.165, 1.54) is 6.07 Å². The van der Waals surface area contributed by atoms with Crippen LogP contribution in [-0.2, 0) is 16.0 Å². The van der Waals surface area contributed by atoms with E-state index in [4.69, 9.17) is 16.3 Å². The molecule has 0 bridgehead atoms. The highest BCUT2D eigenvalue weighted by Gasteiger charge is 2.33. The Morgan fingerprint density at radius 2 is 2.32 bits per heavy atom. The van der Waals surface area contributed by atoms with Crippen LogP contribution in [0.5, 0.6) is 0 Å². The number of ketones is 1. The third-order valence-corrected chi connectivity index (χ3v) is 3.65. The molecule has 0 radical (unpaired) electrons. The minimum Gasteiger partial charge on any atom is -0.379 e. The average Bonchev–Trinajstić information content (AvgIpc) is 2.84. The van der Waals surface area contributed by atoms with Crippen molar-refractivity contribution in [2.75, 3.05) is 19.8 Å². The Balaban J connectivity index is 2.06. The zero-order chi connectivity index (χ0) is 13.8. The predicted octanol–water partition coefficient (Wildman–Crippen LogP) is 2.22. The number of hydrogen-bond acceptors (Lipinski definition) is 3. The first-order valence-corrected chi connectivity index (χ1v) is 6.78. The van der Waals surface area contributed by atoms with Gasteiger partial charge in [-0.15, -0.1) is 0 Å². The molecule has 1 saturated heterocycles. The number of hydrogen-bond donors (Lipinski definition) is 1. The van der Waals surface area contributed by atoms with Crippen LogP contribution in [0.25, 0.3) is 0 Å². The van der Waals surface area contributed by atoms with E-state index in [0.717, 1.165) is 6.54 Å².